The number of hydrogen-bond acceptors (Lipinski definition) is 7. The summed E-state index contributed by atoms with van der Waals surface area (Å²) in [6.07, 6.45) is -0.732. The number of aliphatic hydroxyl groups is 1. The Bertz CT molecular complexity index is 1040. The van der Waals surface area contributed by atoms with Gasteiger partial charge in [-0.25, -0.2) is 4.79 Å². The van der Waals surface area contributed by atoms with Gasteiger partial charge < -0.3 is 15.4 Å². The number of nitrogens with two attached hydrogens (primary N) is 1. The summed E-state index contributed by atoms with van der Waals surface area (Å²) in [5.41, 5.74) is 5.08. The van der Waals surface area contributed by atoms with E-state index in [2.05, 4.69) is 10.1 Å². The van der Waals surface area contributed by atoms with E-state index in [0.717, 1.165) is 15.2 Å². The number of aliphatic hydroxyl groups excluding tert-OH is 1. The van der Waals surface area contributed by atoms with Crippen molar-refractivity contribution in [3.05, 3.63) is 73.5 Å². The summed E-state index contributed by atoms with van der Waals surface area (Å²) in [6.45, 7) is -0.185. The zero-order valence-corrected chi connectivity index (χ0v) is 14.6. The van der Waals surface area contributed by atoms with Crippen LogP contribution in [-0.4, -0.2) is 24.4 Å². The van der Waals surface area contributed by atoms with Gasteiger partial charge in [0.15, 0.2) is 5.82 Å². The topological polar surface area (TPSA) is 129 Å². The fourth-order valence-electron chi connectivity index (χ4n) is 2.38. The molecule has 0 aliphatic carbocycles. The molecule has 0 saturated heterocycles. The minimum atomic E-state index is -0.843. The monoisotopic (exact) mass is 377 g/mol. The molecule has 0 radical (unpaired) electrons. The molecule has 0 unspecified atom stereocenters. The van der Waals surface area contributed by atoms with Gasteiger partial charge in [0.05, 0.1) is 6.10 Å². The predicted octanol–water partition coefficient (Wildman–Crippen LogP) is 0.490. The Hall–Kier alpha value is -2.91. The van der Waals surface area contributed by atoms with E-state index in [-0.39, 0.29) is 30.5 Å². The van der Waals surface area contributed by atoms with Crippen molar-refractivity contribution in [2.45, 2.75) is 19.1 Å². The zero-order valence-electron chi connectivity index (χ0n) is 13.8. The van der Waals surface area contributed by atoms with Gasteiger partial charge in [0.25, 0.3) is 5.56 Å². The molecule has 0 fully saturated rings. The molecule has 1 atom stereocenters. The van der Waals surface area contributed by atoms with Gasteiger partial charge in [0, 0.05) is 24.6 Å². The molecule has 9 nitrogen and oxygen atoms in total. The summed E-state index contributed by atoms with van der Waals surface area (Å²) < 4.78 is 7.15. The number of benzene rings is 1. The number of nitrogen functional groups attached to an aromatic ring is 1. The second-order valence-electron chi connectivity index (χ2n) is 5.71. The highest BCUT2D eigenvalue weighted by Crippen LogP contribution is 2.19. The molecule has 0 aliphatic heterocycles. The fraction of sp³-hybridized carbons (Fsp3) is 0.250. The van der Waals surface area contributed by atoms with Crippen LogP contribution in [0.3, 0.4) is 0 Å². The molecule has 10 heteroatoms. The van der Waals surface area contributed by atoms with Crippen molar-refractivity contribution in [1.82, 2.24) is 19.3 Å². The van der Waals surface area contributed by atoms with Crippen LogP contribution in [0.25, 0.3) is 0 Å². The van der Waals surface area contributed by atoms with Gasteiger partial charge in [-0.1, -0.05) is 28.9 Å². The summed E-state index contributed by atoms with van der Waals surface area (Å²) in [4.78, 5) is 28.2. The molecule has 3 aromatic rings. The average molecular weight is 378 g/mol. The van der Waals surface area contributed by atoms with E-state index in [1.165, 1.54) is 7.05 Å². The Morgan fingerprint density at radius 3 is 2.69 bits per heavy atom. The van der Waals surface area contributed by atoms with Crippen LogP contribution < -0.4 is 17.0 Å². The molecule has 26 heavy (non-hydrogen) atoms. The number of nitrogens with zero attached hydrogens (tertiary/aromatic N) is 4. The Morgan fingerprint density at radius 1 is 1.31 bits per heavy atom. The molecule has 3 N–H and O–H groups in total. The largest absolute Gasteiger partial charge is 0.388 e. The van der Waals surface area contributed by atoms with Gasteiger partial charge >= 0.3 is 5.69 Å². The SMILES string of the molecule is Cn1c(N)cc(=O)n(Cc2nc(C[C@H](O)c3ccc(Cl)cc3)no2)c1=O. The van der Waals surface area contributed by atoms with Crippen LogP contribution in [-0.2, 0) is 20.0 Å². The van der Waals surface area contributed by atoms with Crippen LogP contribution in [0, 0.1) is 0 Å². The van der Waals surface area contributed by atoms with Gasteiger partial charge in [-0.3, -0.25) is 13.9 Å². The van der Waals surface area contributed by atoms with Gasteiger partial charge in [-0.2, -0.15) is 4.98 Å². The normalized spacial score (nSPS) is 12.3. The summed E-state index contributed by atoms with van der Waals surface area (Å²) >= 11 is 5.82. The van der Waals surface area contributed by atoms with Crippen molar-refractivity contribution < 1.29 is 9.63 Å². The quantitative estimate of drug-likeness (QED) is 0.661. The van der Waals surface area contributed by atoms with Crippen molar-refractivity contribution in [1.29, 1.82) is 0 Å². The number of aromatic nitrogens is 4. The number of rotatable bonds is 5. The van der Waals surface area contributed by atoms with Crippen molar-refractivity contribution in [2.24, 2.45) is 7.05 Å². The molecule has 0 saturated carbocycles. The molecule has 1 aromatic carbocycles. The summed E-state index contributed by atoms with van der Waals surface area (Å²) in [5.74, 6) is 0.392. The van der Waals surface area contributed by atoms with E-state index in [0.29, 0.717) is 10.6 Å². The predicted molar refractivity (Wildman–Crippen MR) is 93.9 cm³/mol. The molecule has 3 rings (SSSR count). The van der Waals surface area contributed by atoms with E-state index in [1.54, 1.807) is 24.3 Å². The van der Waals surface area contributed by atoms with E-state index in [4.69, 9.17) is 21.9 Å². The standard InChI is InChI=1S/C16H16ClN5O4/c1-21-12(18)7-15(24)22(16(21)25)8-14-19-13(20-26-14)6-11(23)9-2-4-10(17)5-3-9/h2-5,7,11,23H,6,8,18H2,1H3/t11-/m0/s1. The van der Waals surface area contributed by atoms with E-state index < -0.39 is 17.4 Å². The Morgan fingerprint density at radius 2 is 2.00 bits per heavy atom. The fourth-order valence-corrected chi connectivity index (χ4v) is 2.51. The van der Waals surface area contributed by atoms with Crippen molar-refractivity contribution in [2.75, 3.05) is 5.73 Å². The van der Waals surface area contributed by atoms with Crippen LogP contribution in [0.5, 0.6) is 0 Å². The first kappa shape index (κ1) is 17.9. The number of hydrogen-bond donors (Lipinski definition) is 2. The average Bonchev–Trinajstić information content (AvgIpc) is 3.04. The summed E-state index contributed by atoms with van der Waals surface area (Å²) in [7, 11) is 1.45. The minimum Gasteiger partial charge on any atom is -0.388 e. The highest BCUT2D eigenvalue weighted by atomic mass is 35.5. The van der Waals surface area contributed by atoms with Gasteiger partial charge in [-0.15, -0.1) is 0 Å². The third-order valence-corrected chi connectivity index (χ3v) is 4.13. The maximum absolute atomic E-state index is 12.1. The first-order valence-corrected chi connectivity index (χ1v) is 8.04. The lowest BCUT2D eigenvalue weighted by molar-refractivity contribution is 0.174. The third-order valence-electron chi connectivity index (χ3n) is 3.88. The number of halogens is 1. The molecular formula is C16H16ClN5O4. The molecule has 2 heterocycles. The molecule has 2 aromatic heterocycles. The molecule has 0 amide bonds. The summed E-state index contributed by atoms with van der Waals surface area (Å²) in [6, 6.07) is 7.89. The number of anilines is 1. The Labute approximate surface area is 152 Å². The highest BCUT2D eigenvalue weighted by molar-refractivity contribution is 6.30. The second kappa shape index (κ2) is 7.14. The molecular weight excluding hydrogens is 362 g/mol. The van der Waals surface area contributed by atoms with Crippen molar-refractivity contribution in [3.63, 3.8) is 0 Å². The Kier molecular flexibility index (Phi) is 4.92. The first-order chi connectivity index (χ1) is 12.3. The van der Waals surface area contributed by atoms with Crippen molar-refractivity contribution in [3.8, 4) is 0 Å². The van der Waals surface area contributed by atoms with Crippen LogP contribution in [0.2, 0.25) is 5.02 Å². The highest BCUT2D eigenvalue weighted by Gasteiger charge is 2.16. The van der Waals surface area contributed by atoms with Crippen LogP contribution >= 0.6 is 11.6 Å². The van der Waals surface area contributed by atoms with Crippen LogP contribution in [0.15, 0.2) is 44.4 Å². The first-order valence-electron chi connectivity index (χ1n) is 7.66. The van der Waals surface area contributed by atoms with Crippen molar-refractivity contribution >= 4 is 17.4 Å². The third kappa shape index (κ3) is 3.68. The van der Waals surface area contributed by atoms with Gasteiger partial charge in [0.1, 0.15) is 12.4 Å². The molecule has 136 valence electrons. The van der Waals surface area contributed by atoms with E-state index in [1.807, 2.05) is 0 Å². The van der Waals surface area contributed by atoms with Gasteiger partial charge in [0.2, 0.25) is 5.89 Å². The maximum atomic E-state index is 12.1. The van der Waals surface area contributed by atoms with Crippen LogP contribution in [0.4, 0.5) is 5.82 Å². The Balaban J connectivity index is 1.77. The minimum absolute atomic E-state index is 0.0635. The second-order valence-corrected chi connectivity index (χ2v) is 6.15. The molecule has 0 spiro atoms. The lowest BCUT2D eigenvalue weighted by Gasteiger charge is -2.08. The lowest BCUT2D eigenvalue weighted by atomic mass is 10.1. The zero-order chi connectivity index (χ0) is 18.8. The smallest absolute Gasteiger partial charge is 0.332 e. The lowest BCUT2D eigenvalue weighted by Crippen LogP contribution is -2.39. The molecule has 0 aliphatic rings. The maximum Gasteiger partial charge on any atom is 0.332 e. The van der Waals surface area contributed by atoms with Crippen LogP contribution in [0.1, 0.15) is 23.4 Å². The summed E-state index contributed by atoms with van der Waals surface area (Å²) in [5, 5.41) is 14.6. The van der Waals surface area contributed by atoms with Gasteiger partial charge in [-0.05, 0) is 17.7 Å². The van der Waals surface area contributed by atoms with E-state index >= 15 is 0 Å². The molecule has 0 bridgehead atoms. The van der Waals surface area contributed by atoms with E-state index in [9.17, 15) is 14.7 Å².